The second-order valence-corrected chi connectivity index (χ2v) is 5.00. The lowest BCUT2D eigenvalue weighted by molar-refractivity contribution is -0.120. The lowest BCUT2D eigenvalue weighted by Gasteiger charge is -2.26. The smallest absolute Gasteiger partial charge is 0.224 e. The molecule has 0 bridgehead atoms. The van der Waals surface area contributed by atoms with Gasteiger partial charge in [0.15, 0.2) is 0 Å². The summed E-state index contributed by atoms with van der Waals surface area (Å²) in [5, 5.41) is 12.2. The van der Waals surface area contributed by atoms with Crippen molar-refractivity contribution in [2.24, 2.45) is 0 Å². The number of amides is 1. The van der Waals surface area contributed by atoms with Crippen molar-refractivity contribution in [1.29, 1.82) is 0 Å². The van der Waals surface area contributed by atoms with Crippen molar-refractivity contribution in [1.82, 2.24) is 10.2 Å². The standard InChI is InChI=1S/C15H22N2O3/c18-14-4-1-3-13(11-14)12-15(19)16-5-2-6-17-7-9-20-10-8-17/h1,3-4,11,18H,2,5-10,12H2,(H,16,19). The first-order valence-electron chi connectivity index (χ1n) is 7.09. The molecule has 20 heavy (non-hydrogen) atoms. The molecule has 5 nitrogen and oxygen atoms in total. The summed E-state index contributed by atoms with van der Waals surface area (Å²) in [7, 11) is 0. The van der Waals surface area contributed by atoms with E-state index in [1.165, 1.54) is 0 Å². The van der Waals surface area contributed by atoms with Gasteiger partial charge < -0.3 is 15.2 Å². The van der Waals surface area contributed by atoms with E-state index in [0.29, 0.717) is 13.0 Å². The van der Waals surface area contributed by atoms with Crippen LogP contribution in [0.4, 0.5) is 0 Å². The maximum atomic E-state index is 11.7. The van der Waals surface area contributed by atoms with Crippen molar-refractivity contribution < 1.29 is 14.6 Å². The molecule has 2 rings (SSSR count). The van der Waals surface area contributed by atoms with Crippen LogP contribution in [0.5, 0.6) is 5.75 Å². The number of carbonyl (C=O) groups is 1. The Balaban J connectivity index is 1.60. The summed E-state index contributed by atoms with van der Waals surface area (Å²) in [6, 6.07) is 6.81. The average Bonchev–Trinajstić information content (AvgIpc) is 2.45. The number of morpholine rings is 1. The van der Waals surface area contributed by atoms with Gasteiger partial charge in [-0.05, 0) is 30.7 Å². The Morgan fingerprint density at radius 2 is 2.15 bits per heavy atom. The minimum absolute atomic E-state index is 0.00224. The van der Waals surface area contributed by atoms with Crippen LogP contribution in [0.2, 0.25) is 0 Å². The number of carbonyl (C=O) groups excluding carboxylic acids is 1. The molecule has 0 unspecified atom stereocenters. The van der Waals surface area contributed by atoms with Crippen molar-refractivity contribution in [2.75, 3.05) is 39.4 Å². The normalized spacial score (nSPS) is 16.0. The lowest BCUT2D eigenvalue weighted by Crippen LogP contribution is -2.38. The molecule has 0 spiro atoms. The molecule has 0 aliphatic carbocycles. The fourth-order valence-electron chi connectivity index (χ4n) is 2.27. The Hall–Kier alpha value is -1.59. The number of nitrogens with one attached hydrogen (secondary N) is 1. The second kappa shape index (κ2) is 7.87. The van der Waals surface area contributed by atoms with Gasteiger partial charge in [-0.3, -0.25) is 9.69 Å². The zero-order valence-corrected chi connectivity index (χ0v) is 11.7. The van der Waals surface area contributed by atoms with Gasteiger partial charge in [0.05, 0.1) is 19.6 Å². The molecule has 0 radical (unpaired) electrons. The Morgan fingerprint density at radius 1 is 1.35 bits per heavy atom. The molecular formula is C15H22N2O3. The fourth-order valence-corrected chi connectivity index (χ4v) is 2.27. The van der Waals surface area contributed by atoms with Gasteiger partial charge in [0.1, 0.15) is 5.75 Å². The van der Waals surface area contributed by atoms with Crippen LogP contribution < -0.4 is 5.32 Å². The molecule has 1 fully saturated rings. The van der Waals surface area contributed by atoms with E-state index in [4.69, 9.17) is 4.74 Å². The van der Waals surface area contributed by atoms with Crippen molar-refractivity contribution >= 4 is 5.91 Å². The highest BCUT2D eigenvalue weighted by Gasteiger charge is 2.09. The monoisotopic (exact) mass is 278 g/mol. The first-order chi connectivity index (χ1) is 9.74. The zero-order chi connectivity index (χ0) is 14.2. The van der Waals surface area contributed by atoms with Gasteiger partial charge in [-0.25, -0.2) is 0 Å². The van der Waals surface area contributed by atoms with Gasteiger partial charge in [-0.15, -0.1) is 0 Å². The summed E-state index contributed by atoms with van der Waals surface area (Å²) in [6.07, 6.45) is 1.26. The maximum Gasteiger partial charge on any atom is 0.224 e. The summed E-state index contributed by atoms with van der Waals surface area (Å²) in [5.41, 5.74) is 0.829. The molecule has 5 heteroatoms. The van der Waals surface area contributed by atoms with Gasteiger partial charge >= 0.3 is 0 Å². The van der Waals surface area contributed by atoms with E-state index in [2.05, 4.69) is 10.2 Å². The van der Waals surface area contributed by atoms with E-state index in [-0.39, 0.29) is 11.7 Å². The third-order valence-corrected chi connectivity index (χ3v) is 3.35. The number of phenolic OH excluding ortho intramolecular Hbond substituents is 1. The van der Waals surface area contributed by atoms with Crippen molar-refractivity contribution in [3.8, 4) is 5.75 Å². The van der Waals surface area contributed by atoms with Gasteiger partial charge in [0, 0.05) is 19.6 Å². The van der Waals surface area contributed by atoms with Gasteiger partial charge in [-0.2, -0.15) is 0 Å². The molecule has 1 aromatic carbocycles. The van der Waals surface area contributed by atoms with Gasteiger partial charge in [0.25, 0.3) is 0 Å². The van der Waals surface area contributed by atoms with E-state index in [0.717, 1.165) is 44.8 Å². The third-order valence-electron chi connectivity index (χ3n) is 3.35. The molecule has 0 saturated carbocycles. The van der Waals surface area contributed by atoms with Crippen LogP contribution in [-0.2, 0) is 16.0 Å². The van der Waals surface area contributed by atoms with Gasteiger partial charge in [-0.1, -0.05) is 12.1 Å². The fraction of sp³-hybridized carbons (Fsp3) is 0.533. The van der Waals surface area contributed by atoms with E-state index >= 15 is 0 Å². The molecule has 0 aromatic heterocycles. The summed E-state index contributed by atoms with van der Waals surface area (Å²) in [4.78, 5) is 14.1. The van der Waals surface area contributed by atoms with E-state index in [9.17, 15) is 9.90 Å². The predicted octanol–water partition coefficient (Wildman–Crippen LogP) is 0.773. The number of phenols is 1. The van der Waals surface area contributed by atoms with Crippen LogP contribution in [0.3, 0.4) is 0 Å². The van der Waals surface area contributed by atoms with Crippen LogP contribution >= 0.6 is 0 Å². The maximum absolute atomic E-state index is 11.7. The number of benzene rings is 1. The van der Waals surface area contributed by atoms with Crippen LogP contribution in [0, 0.1) is 0 Å². The quantitative estimate of drug-likeness (QED) is 0.755. The molecule has 1 amide bonds. The van der Waals surface area contributed by atoms with Gasteiger partial charge in [0.2, 0.25) is 5.91 Å². The first kappa shape index (κ1) is 14.8. The van der Waals surface area contributed by atoms with Crippen LogP contribution in [0.25, 0.3) is 0 Å². The van der Waals surface area contributed by atoms with Crippen molar-refractivity contribution in [3.63, 3.8) is 0 Å². The third kappa shape index (κ3) is 5.19. The van der Waals surface area contributed by atoms with Crippen molar-refractivity contribution in [2.45, 2.75) is 12.8 Å². The number of ether oxygens (including phenoxy) is 1. The Morgan fingerprint density at radius 3 is 2.90 bits per heavy atom. The Labute approximate surface area is 119 Å². The topological polar surface area (TPSA) is 61.8 Å². The zero-order valence-electron chi connectivity index (χ0n) is 11.7. The average molecular weight is 278 g/mol. The minimum atomic E-state index is -0.00224. The predicted molar refractivity (Wildman–Crippen MR) is 76.7 cm³/mol. The largest absolute Gasteiger partial charge is 0.508 e. The molecule has 2 N–H and O–H groups in total. The summed E-state index contributed by atoms with van der Waals surface area (Å²) >= 11 is 0. The molecule has 1 aliphatic rings. The molecule has 1 aromatic rings. The van der Waals surface area contributed by atoms with E-state index < -0.39 is 0 Å². The van der Waals surface area contributed by atoms with Crippen LogP contribution in [0.15, 0.2) is 24.3 Å². The minimum Gasteiger partial charge on any atom is -0.508 e. The van der Waals surface area contributed by atoms with Crippen LogP contribution in [-0.4, -0.2) is 55.3 Å². The Bertz CT molecular complexity index is 431. The highest BCUT2D eigenvalue weighted by molar-refractivity contribution is 5.78. The second-order valence-electron chi connectivity index (χ2n) is 5.00. The summed E-state index contributed by atoms with van der Waals surface area (Å²) < 4.78 is 5.29. The van der Waals surface area contributed by atoms with E-state index in [1.54, 1.807) is 18.2 Å². The summed E-state index contributed by atoms with van der Waals surface area (Å²) in [5.74, 6) is 0.195. The number of rotatable bonds is 6. The van der Waals surface area contributed by atoms with E-state index in [1.807, 2.05) is 6.07 Å². The first-order valence-corrected chi connectivity index (χ1v) is 7.09. The lowest BCUT2D eigenvalue weighted by atomic mass is 10.1. The number of hydrogen-bond acceptors (Lipinski definition) is 4. The molecule has 0 atom stereocenters. The molecular weight excluding hydrogens is 256 g/mol. The highest BCUT2D eigenvalue weighted by Crippen LogP contribution is 2.11. The van der Waals surface area contributed by atoms with Crippen molar-refractivity contribution in [3.05, 3.63) is 29.8 Å². The van der Waals surface area contributed by atoms with Crippen LogP contribution in [0.1, 0.15) is 12.0 Å². The highest BCUT2D eigenvalue weighted by atomic mass is 16.5. The molecule has 110 valence electrons. The molecule has 1 saturated heterocycles. The Kier molecular flexibility index (Phi) is 5.83. The summed E-state index contributed by atoms with van der Waals surface area (Å²) in [6.45, 7) is 5.27. The molecule has 1 heterocycles. The number of aromatic hydroxyl groups is 1. The molecule has 1 aliphatic heterocycles. The number of hydrogen-bond donors (Lipinski definition) is 2. The number of nitrogens with zero attached hydrogens (tertiary/aromatic N) is 1. The SMILES string of the molecule is O=C(Cc1cccc(O)c1)NCCCN1CCOCC1.